The minimum Gasteiger partial charge on any atom is -0.493 e. The van der Waals surface area contributed by atoms with Crippen LogP contribution < -0.4 is 10.1 Å². The smallest absolute Gasteiger partial charge is 0.238 e. The topological polar surface area (TPSA) is 75.7 Å². The van der Waals surface area contributed by atoms with Crippen molar-refractivity contribution in [3.05, 3.63) is 29.8 Å². The van der Waals surface area contributed by atoms with Gasteiger partial charge in [-0.2, -0.15) is 4.31 Å². The number of fused-ring (bicyclic) bond motifs is 1. The van der Waals surface area contributed by atoms with Crippen LogP contribution in [-0.4, -0.2) is 44.1 Å². The fourth-order valence-electron chi connectivity index (χ4n) is 3.32. The number of benzene rings is 1. The van der Waals surface area contributed by atoms with Crippen LogP contribution in [-0.2, 0) is 14.8 Å². The van der Waals surface area contributed by atoms with Gasteiger partial charge in [0, 0.05) is 18.5 Å². The summed E-state index contributed by atoms with van der Waals surface area (Å²) in [7, 11) is -3.37. The number of hydrogen-bond donors (Lipinski definition) is 1. The molecule has 1 fully saturated rings. The highest BCUT2D eigenvalue weighted by Gasteiger charge is 2.36. The third kappa shape index (κ3) is 3.50. The maximum absolute atomic E-state index is 12.7. The zero-order valence-electron chi connectivity index (χ0n) is 13.2. The molecule has 2 aliphatic rings. The molecule has 0 spiro atoms. The average Bonchev–Trinajstić information content (AvgIpc) is 2.54. The highest BCUT2D eigenvalue weighted by molar-refractivity contribution is 7.88. The molecule has 3 rings (SSSR count). The molecule has 2 aliphatic heterocycles. The van der Waals surface area contributed by atoms with Crippen LogP contribution in [0.15, 0.2) is 24.3 Å². The number of para-hydroxylation sites is 1. The molecule has 1 amide bonds. The first kappa shape index (κ1) is 16.3. The predicted octanol–water partition coefficient (Wildman–Crippen LogP) is 1.44. The highest BCUT2D eigenvalue weighted by atomic mass is 32.2. The van der Waals surface area contributed by atoms with E-state index < -0.39 is 16.1 Å². The van der Waals surface area contributed by atoms with E-state index in [1.54, 1.807) is 0 Å². The second-order valence-electron chi connectivity index (χ2n) is 6.12. The summed E-state index contributed by atoms with van der Waals surface area (Å²) < 4.78 is 30.8. The Morgan fingerprint density at radius 2 is 2.04 bits per heavy atom. The van der Waals surface area contributed by atoms with Crippen LogP contribution in [0.25, 0.3) is 0 Å². The van der Waals surface area contributed by atoms with Gasteiger partial charge in [0.25, 0.3) is 0 Å². The molecule has 1 saturated heterocycles. The molecule has 0 aromatic heterocycles. The molecular weight excluding hydrogens is 316 g/mol. The van der Waals surface area contributed by atoms with E-state index in [0.717, 1.165) is 24.2 Å². The van der Waals surface area contributed by atoms with Crippen molar-refractivity contribution in [2.45, 2.75) is 37.8 Å². The Bertz CT molecular complexity index is 689. The van der Waals surface area contributed by atoms with Gasteiger partial charge in [-0.25, -0.2) is 8.42 Å². The Morgan fingerprint density at radius 1 is 1.26 bits per heavy atom. The molecule has 126 valence electrons. The van der Waals surface area contributed by atoms with Gasteiger partial charge in [0.1, 0.15) is 11.8 Å². The van der Waals surface area contributed by atoms with E-state index in [9.17, 15) is 13.2 Å². The van der Waals surface area contributed by atoms with Crippen molar-refractivity contribution in [3.63, 3.8) is 0 Å². The summed E-state index contributed by atoms with van der Waals surface area (Å²) in [6, 6.07) is 6.90. The van der Waals surface area contributed by atoms with Crippen LogP contribution >= 0.6 is 0 Å². The SMILES string of the molecule is CS(=O)(=O)N1CCCCC1C(=O)NC1CCOc2ccccc21. The quantitative estimate of drug-likeness (QED) is 0.905. The summed E-state index contributed by atoms with van der Waals surface area (Å²) in [6.07, 6.45) is 4.10. The minimum atomic E-state index is -3.37. The van der Waals surface area contributed by atoms with E-state index in [-0.39, 0.29) is 11.9 Å². The zero-order valence-corrected chi connectivity index (χ0v) is 14.0. The van der Waals surface area contributed by atoms with Gasteiger partial charge in [-0.1, -0.05) is 24.6 Å². The zero-order chi connectivity index (χ0) is 16.4. The molecule has 2 heterocycles. The second kappa shape index (κ2) is 6.49. The lowest BCUT2D eigenvalue weighted by Gasteiger charge is -2.34. The summed E-state index contributed by atoms with van der Waals surface area (Å²) >= 11 is 0. The first-order valence-electron chi connectivity index (χ1n) is 7.96. The van der Waals surface area contributed by atoms with Crippen LogP contribution in [0.5, 0.6) is 5.75 Å². The minimum absolute atomic E-state index is 0.129. The number of nitrogens with one attached hydrogen (secondary N) is 1. The summed E-state index contributed by atoms with van der Waals surface area (Å²) in [5.41, 5.74) is 0.953. The molecule has 7 heteroatoms. The molecule has 6 nitrogen and oxygen atoms in total. The van der Waals surface area contributed by atoms with Gasteiger partial charge in [0.15, 0.2) is 0 Å². The number of hydrogen-bond acceptors (Lipinski definition) is 4. The molecule has 1 aromatic carbocycles. The first-order chi connectivity index (χ1) is 11.0. The van der Waals surface area contributed by atoms with Crippen molar-refractivity contribution in [1.82, 2.24) is 9.62 Å². The van der Waals surface area contributed by atoms with Gasteiger partial charge in [0.2, 0.25) is 15.9 Å². The second-order valence-corrected chi connectivity index (χ2v) is 8.06. The monoisotopic (exact) mass is 338 g/mol. The Kier molecular flexibility index (Phi) is 4.59. The number of ether oxygens (including phenoxy) is 1. The lowest BCUT2D eigenvalue weighted by atomic mass is 9.99. The van der Waals surface area contributed by atoms with E-state index in [1.165, 1.54) is 10.6 Å². The van der Waals surface area contributed by atoms with Crippen LogP contribution in [0.3, 0.4) is 0 Å². The number of carbonyl (C=O) groups excluding carboxylic acids is 1. The molecule has 0 radical (unpaired) electrons. The van der Waals surface area contributed by atoms with Crippen LogP contribution in [0, 0.1) is 0 Å². The number of rotatable bonds is 3. The van der Waals surface area contributed by atoms with Crippen molar-refractivity contribution < 1.29 is 17.9 Å². The van der Waals surface area contributed by atoms with Crippen molar-refractivity contribution in [2.24, 2.45) is 0 Å². The molecule has 0 aliphatic carbocycles. The Labute approximate surface area is 136 Å². The largest absolute Gasteiger partial charge is 0.493 e. The Hall–Kier alpha value is -1.60. The third-order valence-electron chi connectivity index (χ3n) is 4.46. The Balaban J connectivity index is 1.76. The molecule has 23 heavy (non-hydrogen) atoms. The van der Waals surface area contributed by atoms with Crippen LogP contribution in [0.4, 0.5) is 0 Å². The van der Waals surface area contributed by atoms with Crippen molar-refractivity contribution in [3.8, 4) is 5.75 Å². The lowest BCUT2D eigenvalue weighted by molar-refractivity contribution is -0.126. The van der Waals surface area contributed by atoms with Gasteiger partial charge in [-0.3, -0.25) is 4.79 Å². The number of sulfonamides is 1. The molecule has 1 N–H and O–H groups in total. The molecule has 0 bridgehead atoms. The summed E-state index contributed by atoms with van der Waals surface area (Å²) in [6.45, 7) is 0.962. The van der Waals surface area contributed by atoms with Gasteiger partial charge in [-0.15, -0.1) is 0 Å². The van der Waals surface area contributed by atoms with Gasteiger partial charge >= 0.3 is 0 Å². The van der Waals surface area contributed by atoms with E-state index in [2.05, 4.69) is 5.32 Å². The molecular formula is C16H22N2O4S. The van der Waals surface area contributed by atoms with Gasteiger partial charge in [0.05, 0.1) is 18.9 Å². The summed E-state index contributed by atoms with van der Waals surface area (Å²) in [5, 5.41) is 3.02. The van der Waals surface area contributed by atoms with E-state index in [4.69, 9.17) is 4.74 Å². The number of nitrogens with zero attached hydrogens (tertiary/aromatic N) is 1. The third-order valence-corrected chi connectivity index (χ3v) is 5.75. The maximum atomic E-state index is 12.7. The van der Waals surface area contributed by atoms with Gasteiger partial charge < -0.3 is 10.1 Å². The molecule has 2 unspecified atom stereocenters. The van der Waals surface area contributed by atoms with Crippen LogP contribution in [0.2, 0.25) is 0 Å². The fraction of sp³-hybridized carbons (Fsp3) is 0.562. The van der Waals surface area contributed by atoms with E-state index >= 15 is 0 Å². The standard InChI is InChI=1S/C16H22N2O4S/c1-23(20,21)18-10-5-4-7-14(18)16(19)17-13-9-11-22-15-8-3-2-6-12(13)15/h2-3,6,8,13-14H,4-5,7,9-11H2,1H3,(H,17,19). The molecule has 2 atom stereocenters. The van der Waals surface area contributed by atoms with Crippen LogP contribution in [0.1, 0.15) is 37.3 Å². The van der Waals surface area contributed by atoms with Crippen molar-refractivity contribution in [1.29, 1.82) is 0 Å². The maximum Gasteiger partial charge on any atom is 0.238 e. The van der Waals surface area contributed by atoms with Gasteiger partial charge in [-0.05, 0) is 18.9 Å². The fourth-order valence-corrected chi connectivity index (χ4v) is 4.45. The summed E-state index contributed by atoms with van der Waals surface area (Å²) in [4.78, 5) is 12.7. The first-order valence-corrected chi connectivity index (χ1v) is 9.80. The average molecular weight is 338 g/mol. The van der Waals surface area contributed by atoms with Crippen molar-refractivity contribution in [2.75, 3.05) is 19.4 Å². The van der Waals surface area contributed by atoms with E-state index in [0.29, 0.717) is 26.0 Å². The Morgan fingerprint density at radius 3 is 2.83 bits per heavy atom. The molecule has 0 saturated carbocycles. The normalized spacial score (nSPS) is 25.3. The number of amides is 1. The number of carbonyl (C=O) groups is 1. The summed E-state index contributed by atoms with van der Waals surface area (Å²) in [5.74, 6) is 0.574. The van der Waals surface area contributed by atoms with Crippen molar-refractivity contribution >= 4 is 15.9 Å². The molecule has 1 aromatic rings. The number of piperidine rings is 1. The predicted molar refractivity (Wildman–Crippen MR) is 86.6 cm³/mol. The van der Waals surface area contributed by atoms with E-state index in [1.807, 2.05) is 24.3 Å². The lowest BCUT2D eigenvalue weighted by Crippen LogP contribution is -2.52. The highest BCUT2D eigenvalue weighted by Crippen LogP contribution is 2.32.